The van der Waals surface area contributed by atoms with Crippen LogP contribution in [0, 0.1) is 5.92 Å². The van der Waals surface area contributed by atoms with Crippen molar-refractivity contribution in [2.24, 2.45) is 5.92 Å². The number of benzene rings is 1. The van der Waals surface area contributed by atoms with Crippen molar-refractivity contribution < 1.29 is 27.6 Å². The Morgan fingerprint density at radius 3 is 2.53 bits per heavy atom. The van der Waals surface area contributed by atoms with Crippen LogP contribution >= 0.6 is 0 Å². The lowest BCUT2D eigenvalue weighted by molar-refractivity contribution is -0.369. The molecular weight excluding hydrogens is 262 g/mol. The predicted octanol–water partition coefficient (Wildman–Crippen LogP) is -0.429. The first kappa shape index (κ1) is 16.1. The Kier molecular flexibility index (Phi) is 6.46. The Hall–Kier alpha value is -0.930. The maximum absolute atomic E-state index is 5.46. The molecule has 0 saturated carbocycles. The average Bonchev–Trinajstić information content (AvgIpc) is 2.81. The number of quaternary nitrogens is 1. The first-order valence-corrected chi connectivity index (χ1v) is 6.89. The molecule has 108 valence electrons. The fourth-order valence-corrected chi connectivity index (χ4v) is 2.43. The molecule has 0 aliphatic carbocycles. The normalized spacial score (nSPS) is 14.3. The molecule has 1 unspecified atom stereocenters. The summed E-state index contributed by atoms with van der Waals surface area (Å²) in [4.78, 5) is 0. The number of fused-ring (bicyclic) bond motifs is 1. The van der Waals surface area contributed by atoms with E-state index < -0.39 is 0 Å². The number of halogens is 1. The molecule has 0 aromatic heterocycles. The third-order valence-electron chi connectivity index (χ3n) is 3.51. The summed E-state index contributed by atoms with van der Waals surface area (Å²) < 4.78 is 10.8. The van der Waals surface area contributed by atoms with Gasteiger partial charge in [0.15, 0.2) is 11.5 Å². The lowest BCUT2D eigenvalue weighted by Crippen LogP contribution is -3.00. The summed E-state index contributed by atoms with van der Waals surface area (Å²) in [6.07, 6.45) is 3.64. The summed E-state index contributed by atoms with van der Waals surface area (Å²) in [5.41, 5.74) is 5.36. The van der Waals surface area contributed by atoms with Gasteiger partial charge in [-0.3, -0.25) is 0 Å². The first-order valence-electron chi connectivity index (χ1n) is 6.89. The van der Waals surface area contributed by atoms with Gasteiger partial charge >= 0.3 is 0 Å². The third-order valence-corrected chi connectivity index (χ3v) is 3.51. The molecule has 0 amide bonds. The van der Waals surface area contributed by atoms with E-state index in [0.29, 0.717) is 12.7 Å². The lowest BCUT2D eigenvalue weighted by atomic mass is 9.88. The summed E-state index contributed by atoms with van der Waals surface area (Å²) in [6, 6.07) is 6.35. The molecule has 1 atom stereocenters. The van der Waals surface area contributed by atoms with Crippen LogP contribution in [0.15, 0.2) is 18.2 Å². The summed E-state index contributed by atoms with van der Waals surface area (Å²) >= 11 is 0. The van der Waals surface area contributed by atoms with Gasteiger partial charge in [0.2, 0.25) is 6.79 Å². The van der Waals surface area contributed by atoms with Crippen LogP contribution in [0.2, 0.25) is 0 Å². The minimum absolute atomic E-state index is 0. The van der Waals surface area contributed by atoms with E-state index in [4.69, 9.17) is 9.47 Å². The molecule has 19 heavy (non-hydrogen) atoms. The van der Waals surface area contributed by atoms with E-state index in [2.05, 4.69) is 31.7 Å². The van der Waals surface area contributed by atoms with Gasteiger partial charge in [0.1, 0.15) is 0 Å². The molecule has 0 spiro atoms. The highest BCUT2D eigenvalue weighted by atomic mass is 35.5. The molecule has 1 heterocycles. The molecule has 0 fully saturated rings. The van der Waals surface area contributed by atoms with Gasteiger partial charge < -0.3 is 27.6 Å². The molecule has 0 bridgehead atoms. The number of rotatable bonds is 6. The zero-order chi connectivity index (χ0) is 13.0. The molecule has 3 N–H and O–H groups in total. The Bertz CT molecular complexity index is 396. The van der Waals surface area contributed by atoms with E-state index in [1.54, 1.807) is 0 Å². The van der Waals surface area contributed by atoms with Crippen LogP contribution in [0.3, 0.4) is 0 Å². The Morgan fingerprint density at radius 2 is 1.84 bits per heavy atom. The quantitative estimate of drug-likeness (QED) is 0.771. The fraction of sp³-hybridized carbons (Fsp3) is 0.600. The van der Waals surface area contributed by atoms with Gasteiger partial charge in [0.05, 0.1) is 6.54 Å². The summed E-state index contributed by atoms with van der Waals surface area (Å²) in [5, 5.41) is 0. The second kappa shape index (κ2) is 7.61. The van der Waals surface area contributed by atoms with E-state index in [1.165, 1.54) is 18.4 Å². The molecule has 1 aromatic rings. The molecule has 0 radical (unpaired) electrons. The van der Waals surface area contributed by atoms with E-state index in [0.717, 1.165) is 30.4 Å². The van der Waals surface area contributed by atoms with Crippen molar-refractivity contribution in [1.82, 2.24) is 0 Å². The van der Waals surface area contributed by atoms with Crippen LogP contribution in [0.5, 0.6) is 11.5 Å². The molecule has 1 aromatic carbocycles. The monoisotopic (exact) mass is 285 g/mol. The summed E-state index contributed by atoms with van der Waals surface area (Å²) in [7, 11) is 0. The Morgan fingerprint density at radius 1 is 1.11 bits per heavy atom. The minimum Gasteiger partial charge on any atom is -1.00 e. The Labute approximate surface area is 121 Å². The second-order valence-corrected chi connectivity index (χ2v) is 5.42. The van der Waals surface area contributed by atoms with Gasteiger partial charge in [-0.05, 0) is 36.0 Å². The largest absolute Gasteiger partial charge is 1.00 e. The Balaban J connectivity index is 0.00000180. The van der Waals surface area contributed by atoms with Gasteiger partial charge in [-0.2, -0.15) is 0 Å². The van der Waals surface area contributed by atoms with Gasteiger partial charge in [0, 0.05) is 6.42 Å². The van der Waals surface area contributed by atoms with E-state index in [9.17, 15) is 0 Å². The number of ether oxygens (including phenoxy) is 2. The van der Waals surface area contributed by atoms with Crippen molar-refractivity contribution >= 4 is 0 Å². The highest BCUT2D eigenvalue weighted by molar-refractivity contribution is 5.45. The van der Waals surface area contributed by atoms with Crippen molar-refractivity contribution in [3.8, 4) is 11.5 Å². The maximum Gasteiger partial charge on any atom is 0.231 e. The predicted molar refractivity (Wildman–Crippen MR) is 71.8 cm³/mol. The van der Waals surface area contributed by atoms with Crippen LogP contribution in [-0.4, -0.2) is 13.3 Å². The zero-order valence-corrected chi connectivity index (χ0v) is 12.6. The first-order chi connectivity index (χ1) is 8.70. The third kappa shape index (κ3) is 4.29. The molecule has 1 aliphatic heterocycles. The van der Waals surface area contributed by atoms with Crippen molar-refractivity contribution in [2.45, 2.75) is 39.0 Å². The van der Waals surface area contributed by atoms with Crippen LogP contribution in [0.25, 0.3) is 0 Å². The van der Waals surface area contributed by atoms with Crippen molar-refractivity contribution in [3.05, 3.63) is 23.8 Å². The van der Waals surface area contributed by atoms with Gasteiger partial charge in [-0.15, -0.1) is 0 Å². The van der Waals surface area contributed by atoms with E-state index in [-0.39, 0.29) is 12.4 Å². The number of hydrogen-bond acceptors (Lipinski definition) is 2. The SMILES string of the molecule is CC(C)CCC(CC[NH3+])c1ccc2c(c1)OCO2.[Cl-]. The maximum atomic E-state index is 5.46. The van der Waals surface area contributed by atoms with E-state index >= 15 is 0 Å². The fourth-order valence-electron chi connectivity index (χ4n) is 2.43. The molecule has 1 aliphatic rings. The molecule has 2 rings (SSSR count). The van der Waals surface area contributed by atoms with Crippen LogP contribution < -0.4 is 27.6 Å². The molecular formula is C15H24ClNO2. The van der Waals surface area contributed by atoms with E-state index in [1.807, 2.05) is 6.07 Å². The smallest absolute Gasteiger partial charge is 0.231 e. The topological polar surface area (TPSA) is 46.1 Å². The molecule has 3 nitrogen and oxygen atoms in total. The highest BCUT2D eigenvalue weighted by Crippen LogP contribution is 2.36. The minimum atomic E-state index is 0. The standard InChI is InChI=1S/C15H23NO2.ClH/c1-11(2)3-4-12(7-8-16)13-5-6-14-15(9-13)18-10-17-14;/h5-6,9,11-12H,3-4,7-8,10,16H2,1-2H3;1H. The second-order valence-electron chi connectivity index (χ2n) is 5.42. The number of hydrogen-bond donors (Lipinski definition) is 1. The van der Waals surface area contributed by atoms with Gasteiger partial charge in [-0.25, -0.2) is 0 Å². The summed E-state index contributed by atoms with van der Waals surface area (Å²) in [6.45, 7) is 5.89. The molecule has 0 saturated heterocycles. The van der Waals surface area contributed by atoms with Crippen molar-refractivity contribution in [2.75, 3.05) is 13.3 Å². The van der Waals surface area contributed by atoms with Crippen LogP contribution in [0.4, 0.5) is 0 Å². The van der Waals surface area contributed by atoms with Gasteiger partial charge in [0.25, 0.3) is 0 Å². The van der Waals surface area contributed by atoms with Crippen molar-refractivity contribution in [1.29, 1.82) is 0 Å². The highest BCUT2D eigenvalue weighted by Gasteiger charge is 2.18. The average molecular weight is 286 g/mol. The van der Waals surface area contributed by atoms with Gasteiger partial charge in [-0.1, -0.05) is 26.3 Å². The lowest BCUT2D eigenvalue weighted by Gasteiger charge is -2.17. The molecule has 4 heteroatoms. The summed E-state index contributed by atoms with van der Waals surface area (Å²) in [5.74, 6) is 3.12. The van der Waals surface area contributed by atoms with Crippen LogP contribution in [-0.2, 0) is 0 Å². The van der Waals surface area contributed by atoms with Crippen LogP contribution in [0.1, 0.15) is 44.6 Å². The zero-order valence-electron chi connectivity index (χ0n) is 11.8. The van der Waals surface area contributed by atoms with Crippen molar-refractivity contribution in [3.63, 3.8) is 0 Å².